The molecule has 4 heteroatoms. The molecule has 1 saturated carbocycles. The van der Waals surface area contributed by atoms with Crippen molar-refractivity contribution in [2.75, 3.05) is 26.2 Å². The monoisotopic (exact) mass is 254 g/mol. The van der Waals surface area contributed by atoms with Crippen LogP contribution in [0, 0.1) is 0 Å². The summed E-state index contributed by atoms with van der Waals surface area (Å²) in [5, 5.41) is 9.13. The normalized spacial score (nSPS) is 23.2. The van der Waals surface area contributed by atoms with E-state index in [0.717, 1.165) is 19.5 Å². The zero-order valence-corrected chi connectivity index (χ0v) is 11.5. The highest BCUT2D eigenvalue weighted by atomic mass is 16.4. The first kappa shape index (κ1) is 13.8. The van der Waals surface area contributed by atoms with Gasteiger partial charge in [-0.3, -0.25) is 9.69 Å². The average Bonchev–Trinajstić information content (AvgIpc) is 3.19. The van der Waals surface area contributed by atoms with Crippen molar-refractivity contribution in [1.29, 1.82) is 0 Å². The topological polar surface area (TPSA) is 43.8 Å². The van der Waals surface area contributed by atoms with Crippen LogP contribution in [0.1, 0.15) is 45.4 Å². The number of carboxylic acids is 1. The van der Waals surface area contributed by atoms with Crippen molar-refractivity contribution >= 4 is 5.97 Å². The predicted octanol–water partition coefficient (Wildman–Crippen LogP) is 1.80. The summed E-state index contributed by atoms with van der Waals surface area (Å²) in [5.74, 6) is -0.681. The van der Waals surface area contributed by atoms with E-state index in [-0.39, 0.29) is 6.04 Å². The third-order valence-electron chi connectivity index (χ3n) is 4.21. The molecular weight excluding hydrogens is 228 g/mol. The van der Waals surface area contributed by atoms with Gasteiger partial charge in [-0.05, 0) is 58.7 Å². The van der Waals surface area contributed by atoms with Crippen LogP contribution in [-0.2, 0) is 4.79 Å². The fourth-order valence-corrected chi connectivity index (χ4v) is 2.90. The second kappa shape index (κ2) is 6.53. The zero-order chi connectivity index (χ0) is 13.0. The molecule has 0 amide bonds. The van der Waals surface area contributed by atoms with Crippen LogP contribution in [0.25, 0.3) is 0 Å². The average molecular weight is 254 g/mol. The molecule has 2 rings (SSSR count). The number of hydrogen-bond acceptors (Lipinski definition) is 3. The Morgan fingerprint density at radius 1 is 1.33 bits per heavy atom. The number of piperidine rings is 1. The second-order valence-electron chi connectivity index (χ2n) is 5.74. The van der Waals surface area contributed by atoms with Gasteiger partial charge in [0.2, 0.25) is 0 Å². The Kier molecular flexibility index (Phi) is 5.01. The molecule has 1 heterocycles. The highest BCUT2D eigenvalue weighted by Gasteiger charge is 2.34. The van der Waals surface area contributed by atoms with Crippen LogP contribution in [-0.4, -0.2) is 59.1 Å². The van der Waals surface area contributed by atoms with E-state index in [1.807, 2.05) is 6.92 Å². The Morgan fingerprint density at radius 2 is 2.00 bits per heavy atom. The van der Waals surface area contributed by atoms with Gasteiger partial charge in [-0.25, -0.2) is 0 Å². The lowest BCUT2D eigenvalue weighted by Gasteiger charge is -2.29. The molecule has 1 aliphatic carbocycles. The summed E-state index contributed by atoms with van der Waals surface area (Å²) in [6.07, 6.45) is 7.51. The van der Waals surface area contributed by atoms with Gasteiger partial charge >= 0.3 is 5.97 Å². The number of rotatable bonds is 7. The minimum atomic E-state index is -0.681. The highest BCUT2D eigenvalue weighted by molar-refractivity contribution is 5.73. The molecular formula is C14H26N2O2. The van der Waals surface area contributed by atoms with Gasteiger partial charge in [0.05, 0.1) is 0 Å². The number of likely N-dealkylation sites (tertiary alicyclic amines) is 1. The third kappa shape index (κ3) is 3.95. The van der Waals surface area contributed by atoms with E-state index < -0.39 is 5.97 Å². The van der Waals surface area contributed by atoms with Crippen LogP contribution >= 0.6 is 0 Å². The van der Waals surface area contributed by atoms with Gasteiger partial charge in [-0.15, -0.1) is 0 Å². The van der Waals surface area contributed by atoms with E-state index >= 15 is 0 Å². The fraction of sp³-hybridized carbons (Fsp3) is 0.929. The second-order valence-corrected chi connectivity index (χ2v) is 5.74. The van der Waals surface area contributed by atoms with Crippen molar-refractivity contribution in [2.24, 2.45) is 0 Å². The van der Waals surface area contributed by atoms with Gasteiger partial charge in [-0.2, -0.15) is 0 Å². The van der Waals surface area contributed by atoms with Crippen LogP contribution in [0.2, 0.25) is 0 Å². The largest absolute Gasteiger partial charge is 0.480 e. The molecule has 0 radical (unpaired) electrons. The minimum absolute atomic E-state index is 0.321. The molecule has 0 aromatic rings. The van der Waals surface area contributed by atoms with Gasteiger partial charge in [0, 0.05) is 12.6 Å². The van der Waals surface area contributed by atoms with Crippen LogP contribution in [0.4, 0.5) is 0 Å². The Labute approximate surface area is 110 Å². The van der Waals surface area contributed by atoms with Gasteiger partial charge in [0.1, 0.15) is 6.04 Å². The van der Waals surface area contributed by atoms with E-state index in [9.17, 15) is 4.79 Å². The summed E-state index contributed by atoms with van der Waals surface area (Å²) in [4.78, 5) is 15.8. The molecule has 1 aliphatic heterocycles. The molecule has 18 heavy (non-hydrogen) atoms. The maximum atomic E-state index is 11.1. The lowest BCUT2D eigenvalue weighted by molar-refractivity contribution is -0.142. The first-order chi connectivity index (χ1) is 8.68. The first-order valence-electron chi connectivity index (χ1n) is 7.39. The molecule has 1 atom stereocenters. The molecule has 0 aromatic heterocycles. The predicted molar refractivity (Wildman–Crippen MR) is 71.7 cm³/mol. The molecule has 0 aromatic carbocycles. The van der Waals surface area contributed by atoms with Crippen molar-refractivity contribution in [3.63, 3.8) is 0 Å². The molecule has 0 spiro atoms. The lowest BCUT2D eigenvalue weighted by Crippen LogP contribution is -2.42. The number of hydrogen-bond donors (Lipinski definition) is 1. The molecule has 2 fully saturated rings. The minimum Gasteiger partial charge on any atom is -0.480 e. The van der Waals surface area contributed by atoms with Crippen LogP contribution < -0.4 is 0 Å². The standard InChI is InChI=1S/C14H26N2O2/c1-12(14(17)18)16(13-6-7-13)11-5-10-15-8-3-2-4-9-15/h12-13H,2-11H2,1H3,(H,17,18). The van der Waals surface area contributed by atoms with E-state index in [2.05, 4.69) is 9.80 Å². The van der Waals surface area contributed by atoms with E-state index in [1.165, 1.54) is 45.2 Å². The fourth-order valence-electron chi connectivity index (χ4n) is 2.90. The van der Waals surface area contributed by atoms with Gasteiger partial charge in [-0.1, -0.05) is 6.42 Å². The van der Waals surface area contributed by atoms with Gasteiger partial charge in [0.15, 0.2) is 0 Å². The summed E-state index contributed by atoms with van der Waals surface area (Å²) in [6, 6.07) is 0.219. The quantitative estimate of drug-likeness (QED) is 0.752. The van der Waals surface area contributed by atoms with Crippen LogP contribution in [0.15, 0.2) is 0 Å². The molecule has 104 valence electrons. The van der Waals surface area contributed by atoms with Gasteiger partial charge in [0.25, 0.3) is 0 Å². The molecule has 0 bridgehead atoms. The molecule has 2 aliphatic rings. The molecule has 4 nitrogen and oxygen atoms in total. The third-order valence-corrected chi connectivity index (χ3v) is 4.21. The summed E-state index contributed by atoms with van der Waals surface area (Å²) >= 11 is 0. The maximum absolute atomic E-state index is 11.1. The van der Waals surface area contributed by atoms with Crippen molar-refractivity contribution in [1.82, 2.24) is 9.80 Å². The molecule has 1 saturated heterocycles. The van der Waals surface area contributed by atoms with Crippen molar-refractivity contribution < 1.29 is 9.90 Å². The summed E-state index contributed by atoms with van der Waals surface area (Å²) in [6.45, 7) is 6.36. The van der Waals surface area contributed by atoms with E-state index in [1.54, 1.807) is 0 Å². The maximum Gasteiger partial charge on any atom is 0.320 e. The Morgan fingerprint density at radius 3 is 2.56 bits per heavy atom. The lowest BCUT2D eigenvalue weighted by atomic mass is 10.1. The number of aliphatic carboxylic acids is 1. The Hall–Kier alpha value is -0.610. The van der Waals surface area contributed by atoms with E-state index in [0.29, 0.717) is 6.04 Å². The van der Waals surface area contributed by atoms with Crippen molar-refractivity contribution in [2.45, 2.75) is 57.5 Å². The number of carboxylic acid groups (broad SMARTS) is 1. The van der Waals surface area contributed by atoms with Crippen LogP contribution in [0.3, 0.4) is 0 Å². The van der Waals surface area contributed by atoms with Crippen LogP contribution in [0.5, 0.6) is 0 Å². The SMILES string of the molecule is CC(C(=O)O)N(CCCN1CCCCC1)C1CC1. The van der Waals surface area contributed by atoms with Crippen molar-refractivity contribution in [3.8, 4) is 0 Å². The van der Waals surface area contributed by atoms with E-state index in [4.69, 9.17) is 5.11 Å². The highest BCUT2D eigenvalue weighted by Crippen LogP contribution is 2.28. The summed E-state index contributed by atoms with van der Waals surface area (Å²) in [5.41, 5.74) is 0. The molecule has 1 N–H and O–H groups in total. The molecule has 1 unspecified atom stereocenters. The smallest absolute Gasteiger partial charge is 0.320 e. The summed E-state index contributed by atoms with van der Waals surface area (Å²) in [7, 11) is 0. The summed E-state index contributed by atoms with van der Waals surface area (Å²) < 4.78 is 0. The number of nitrogens with zero attached hydrogens (tertiary/aromatic N) is 2. The zero-order valence-electron chi connectivity index (χ0n) is 11.5. The Bertz CT molecular complexity index is 273. The van der Waals surface area contributed by atoms with Gasteiger partial charge < -0.3 is 10.0 Å². The number of carbonyl (C=O) groups is 1. The Balaban J connectivity index is 1.70. The van der Waals surface area contributed by atoms with Crippen molar-refractivity contribution in [3.05, 3.63) is 0 Å². The first-order valence-corrected chi connectivity index (χ1v) is 7.39.